The Morgan fingerprint density at radius 1 is 1.07 bits per heavy atom. The van der Waals surface area contributed by atoms with Gasteiger partial charge >= 0.3 is 11.8 Å². The van der Waals surface area contributed by atoms with Crippen molar-refractivity contribution in [1.29, 1.82) is 0 Å². The number of rotatable bonds is 4. The monoisotopic (exact) mass is 399 g/mol. The zero-order valence-electron chi connectivity index (χ0n) is 14.8. The summed E-state index contributed by atoms with van der Waals surface area (Å²) in [5.41, 5.74) is 1.36. The lowest BCUT2D eigenvalue weighted by molar-refractivity contribution is -0.138. The molecular weight excluding hydrogens is 386 g/mol. The first-order chi connectivity index (χ1) is 13.5. The highest BCUT2D eigenvalue weighted by molar-refractivity contribution is 6.30. The van der Waals surface area contributed by atoms with Gasteiger partial charge in [0.15, 0.2) is 0 Å². The Kier molecular flexibility index (Phi) is 4.37. The molecule has 9 heteroatoms. The van der Waals surface area contributed by atoms with Crippen LogP contribution in [-0.4, -0.2) is 40.2 Å². The van der Waals surface area contributed by atoms with E-state index in [0.29, 0.717) is 16.1 Å². The highest BCUT2D eigenvalue weighted by atomic mass is 35.5. The van der Waals surface area contributed by atoms with Crippen molar-refractivity contribution >= 4 is 17.6 Å². The Morgan fingerprint density at radius 2 is 1.71 bits per heavy atom. The van der Waals surface area contributed by atoms with Crippen LogP contribution in [0.25, 0.3) is 11.1 Å². The molecule has 2 aromatic heterocycles. The summed E-state index contributed by atoms with van der Waals surface area (Å²) < 4.78 is 15.5. The molecule has 1 aliphatic rings. The van der Waals surface area contributed by atoms with E-state index in [9.17, 15) is 9.90 Å². The Morgan fingerprint density at radius 3 is 2.32 bits per heavy atom. The second-order valence-corrected chi connectivity index (χ2v) is 6.34. The van der Waals surface area contributed by atoms with Crippen LogP contribution < -0.4 is 9.47 Å². The summed E-state index contributed by atoms with van der Waals surface area (Å²) in [4.78, 5) is 25.0. The summed E-state index contributed by atoms with van der Waals surface area (Å²) in [5.74, 6) is -2.99. The van der Waals surface area contributed by atoms with E-state index in [4.69, 9.17) is 25.8 Å². The summed E-state index contributed by atoms with van der Waals surface area (Å²) in [5, 5.41) is 11.7. The molecule has 0 bridgehead atoms. The van der Waals surface area contributed by atoms with Crippen LogP contribution in [0.1, 0.15) is 21.9 Å². The third-order valence-electron chi connectivity index (χ3n) is 4.27. The number of ether oxygens (including phenoxy) is 3. The van der Waals surface area contributed by atoms with E-state index < -0.39 is 11.8 Å². The molecule has 1 atom stereocenters. The number of aromatic nitrogens is 3. The van der Waals surface area contributed by atoms with Gasteiger partial charge in [0.05, 0.1) is 25.8 Å². The van der Waals surface area contributed by atoms with Gasteiger partial charge in [0.2, 0.25) is 17.6 Å². The molecule has 1 unspecified atom stereocenters. The first kappa shape index (κ1) is 18.1. The summed E-state index contributed by atoms with van der Waals surface area (Å²) in [7, 11) is 2.81. The van der Waals surface area contributed by atoms with Gasteiger partial charge in [0, 0.05) is 11.2 Å². The molecule has 0 fully saturated rings. The van der Waals surface area contributed by atoms with Crippen molar-refractivity contribution < 1.29 is 24.1 Å². The minimum Gasteiger partial charge on any atom is -0.481 e. The van der Waals surface area contributed by atoms with Crippen LogP contribution in [0.5, 0.6) is 11.8 Å². The number of pyridine rings is 1. The second kappa shape index (κ2) is 6.74. The molecule has 0 saturated heterocycles. The van der Waals surface area contributed by atoms with Crippen molar-refractivity contribution in [3.05, 3.63) is 64.7 Å². The lowest BCUT2D eigenvalue weighted by Gasteiger charge is -2.20. The van der Waals surface area contributed by atoms with Crippen molar-refractivity contribution in [2.75, 3.05) is 14.2 Å². The Labute approximate surface area is 164 Å². The van der Waals surface area contributed by atoms with Crippen LogP contribution in [0.3, 0.4) is 0 Å². The van der Waals surface area contributed by atoms with Crippen molar-refractivity contribution in [3.63, 3.8) is 0 Å². The largest absolute Gasteiger partial charge is 0.481 e. The number of methoxy groups -OCH3 is 2. The molecule has 1 aromatic carbocycles. The molecule has 3 aromatic rings. The number of cyclic esters (lactones) is 1. The molecule has 28 heavy (non-hydrogen) atoms. The third kappa shape index (κ3) is 2.83. The van der Waals surface area contributed by atoms with Crippen molar-refractivity contribution in [3.8, 4) is 22.9 Å². The quantitative estimate of drug-likeness (QED) is 0.667. The van der Waals surface area contributed by atoms with Crippen LogP contribution in [0.15, 0.2) is 42.6 Å². The van der Waals surface area contributed by atoms with Crippen molar-refractivity contribution in [1.82, 2.24) is 15.0 Å². The number of hydrogen-bond acceptors (Lipinski definition) is 8. The second-order valence-electron chi connectivity index (χ2n) is 5.90. The van der Waals surface area contributed by atoms with Crippen LogP contribution in [0, 0.1) is 0 Å². The van der Waals surface area contributed by atoms with E-state index >= 15 is 0 Å². The maximum Gasteiger partial charge on any atom is 0.344 e. The fourth-order valence-corrected chi connectivity index (χ4v) is 3.07. The summed E-state index contributed by atoms with van der Waals surface area (Å²) in [6.45, 7) is 0. The van der Waals surface area contributed by atoms with Gasteiger partial charge in [-0.05, 0) is 29.3 Å². The molecule has 0 spiro atoms. The Hall–Kier alpha value is -3.23. The maximum atomic E-state index is 12.7. The SMILES string of the molecule is COc1cc(OC)nc(C2(O)OC(=O)c3c(-c4ccc(Cl)cc4)ccnc32)n1. The lowest BCUT2D eigenvalue weighted by Crippen LogP contribution is -2.31. The minimum atomic E-state index is -2.28. The molecule has 1 N–H and O–H groups in total. The molecule has 4 rings (SSSR count). The standard InChI is InChI=1S/C19H14ClN3O5/c1-26-13-9-14(27-2)23-18(22-13)19(25)16-15(17(24)28-19)12(7-8-21-16)10-3-5-11(20)6-4-10/h3-9,25H,1-2H3. The normalized spacial score (nSPS) is 17.8. The number of esters is 1. The molecule has 1 aliphatic heterocycles. The van der Waals surface area contributed by atoms with Crippen LogP contribution in [-0.2, 0) is 10.5 Å². The number of aliphatic hydroxyl groups is 1. The predicted octanol–water partition coefficient (Wildman–Crippen LogP) is 2.57. The van der Waals surface area contributed by atoms with Gasteiger partial charge in [-0.15, -0.1) is 0 Å². The van der Waals surface area contributed by atoms with Gasteiger partial charge < -0.3 is 19.3 Å². The van der Waals surface area contributed by atoms with Gasteiger partial charge in [-0.2, -0.15) is 9.97 Å². The zero-order chi connectivity index (χ0) is 19.9. The van der Waals surface area contributed by atoms with Gasteiger partial charge in [0.1, 0.15) is 5.69 Å². The van der Waals surface area contributed by atoms with E-state index in [-0.39, 0.29) is 28.8 Å². The van der Waals surface area contributed by atoms with E-state index in [1.807, 2.05) is 0 Å². The van der Waals surface area contributed by atoms with Crippen LogP contribution >= 0.6 is 11.6 Å². The molecule has 8 nitrogen and oxygen atoms in total. The van der Waals surface area contributed by atoms with Gasteiger partial charge in [-0.3, -0.25) is 4.98 Å². The highest BCUT2D eigenvalue weighted by Gasteiger charge is 2.51. The van der Waals surface area contributed by atoms with Crippen LogP contribution in [0.2, 0.25) is 5.02 Å². The average Bonchev–Trinajstić information content (AvgIpc) is 3.00. The Balaban J connectivity index is 1.90. The number of nitrogens with zero attached hydrogens (tertiary/aromatic N) is 3. The first-order valence-electron chi connectivity index (χ1n) is 8.15. The van der Waals surface area contributed by atoms with Gasteiger partial charge in [-0.25, -0.2) is 4.79 Å². The van der Waals surface area contributed by atoms with Crippen molar-refractivity contribution in [2.45, 2.75) is 5.79 Å². The van der Waals surface area contributed by atoms with E-state index in [1.165, 1.54) is 26.5 Å². The third-order valence-corrected chi connectivity index (χ3v) is 4.52. The topological polar surface area (TPSA) is 104 Å². The number of benzene rings is 1. The predicted molar refractivity (Wildman–Crippen MR) is 98.2 cm³/mol. The van der Waals surface area contributed by atoms with Gasteiger partial charge in [0.25, 0.3) is 0 Å². The Bertz CT molecular complexity index is 1050. The molecular formula is C19H14ClN3O5. The van der Waals surface area contributed by atoms with Crippen molar-refractivity contribution in [2.24, 2.45) is 0 Å². The van der Waals surface area contributed by atoms with E-state index in [2.05, 4.69) is 15.0 Å². The van der Waals surface area contributed by atoms with Crippen LogP contribution in [0.4, 0.5) is 0 Å². The molecule has 0 amide bonds. The average molecular weight is 400 g/mol. The fourth-order valence-electron chi connectivity index (χ4n) is 2.95. The van der Waals surface area contributed by atoms with E-state index in [0.717, 1.165) is 0 Å². The molecule has 142 valence electrons. The summed E-state index contributed by atoms with van der Waals surface area (Å²) in [6.07, 6.45) is 1.47. The first-order valence-corrected chi connectivity index (χ1v) is 8.52. The summed E-state index contributed by atoms with van der Waals surface area (Å²) >= 11 is 5.94. The van der Waals surface area contributed by atoms with E-state index in [1.54, 1.807) is 30.3 Å². The molecule has 0 saturated carbocycles. The highest BCUT2D eigenvalue weighted by Crippen LogP contribution is 2.41. The molecule has 3 heterocycles. The lowest BCUT2D eigenvalue weighted by atomic mass is 9.97. The number of fused-ring (bicyclic) bond motifs is 1. The molecule has 0 radical (unpaired) electrons. The maximum absolute atomic E-state index is 12.7. The summed E-state index contributed by atoms with van der Waals surface area (Å²) in [6, 6.07) is 10.0. The smallest absolute Gasteiger partial charge is 0.344 e. The molecule has 0 aliphatic carbocycles. The fraction of sp³-hybridized carbons (Fsp3) is 0.158. The number of carbonyl (C=O) groups excluding carboxylic acids is 1. The number of carbonyl (C=O) groups is 1. The minimum absolute atomic E-state index is 0.0137. The number of halogens is 1. The number of hydrogen-bond donors (Lipinski definition) is 1. The zero-order valence-corrected chi connectivity index (χ0v) is 15.6. The van der Waals surface area contributed by atoms with Gasteiger partial charge in [-0.1, -0.05) is 23.7 Å².